The molecule has 236 valence electrons. The minimum absolute atomic E-state index is 0.0000713. The molecule has 0 aromatic carbocycles. The zero-order valence-electron chi connectivity index (χ0n) is 21.9. The average molecular weight is 659 g/mol. The number of aliphatic hydroxyl groups excluding tert-OH is 2. The summed E-state index contributed by atoms with van der Waals surface area (Å²) in [6, 6.07) is 0. The number of aliphatic hydroxyl groups is 2. The van der Waals surface area contributed by atoms with E-state index in [2.05, 4.69) is 29.9 Å². The molecule has 7 rings (SSSR count). The summed E-state index contributed by atoms with van der Waals surface area (Å²) < 4.78 is 61.1. The van der Waals surface area contributed by atoms with Crippen molar-refractivity contribution in [3.05, 3.63) is 35.7 Å². The number of nitrogens with two attached hydrogens (primary N) is 1. The van der Waals surface area contributed by atoms with Crippen molar-refractivity contribution in [1.29, 1.82) is 0 Å². The standard InChI is InChI=1S/C20H23N9O13P2/c21-15-9-16(23-3-22-15)29(5-26-9)20-14-11(30)7(39-20)1-37-43(33,34)41-13-8(2-38-44(35,36)42-14)40-19(12(13)31)28-6-27-10-17(28)24-4-25-18(10)32/h3-8,11-14,19-20,30-31H,1-2H2,(H,33,34)(H,35,36)(H2,21,22,23)(H,24,25,32)/t7-,8-,11-,12-,13-,14-,19?,20?/m1/s1. The van der Waals surface area contributed by atoms with Crippen molar-refractivity contribution in [1.82, 2.24) is 39.0 Å². The number of anilines is 1. The topological polar surface area (TPSA) is 304 Å². The lowest BCUT2D eigenvalue weighted by atomic mass is 10.1. The molecule has 3 fully saturated rings. The molecule has 4 unspecified atom stereocenters. The van der Waals surface area contributed by atoms with Gasteiger partial charge in [0.05, 0.1) is 32.2 Å². The molecule has 0 saturated carbocycles. The number of H-pyrrole nitrogens is 1. The van der Waals surface area contributed by atoms with Gasteiger partial charge in [-0.2, -0.15) is 0 Å². The first kappa shape index (κ1) is 29.5. The molecule has 3 saturated heterocycles. The Labute approximate surface area is 243 Å². The maximum absolute atomic E-state index is 13.2. The van der Waals surface area contributed by atoms with Crippen LogP contribution >= 0.6 is 15.6 Å². The Kier molecular flexibility index (Phi) is 7.16. The van der Waals surface area contributed by atoms with E-state index in [0.717, 1.165) is 19.0 Å². The van der Waals surface area contributed by atoms with Crippen LogP contribution in [-0.4, -0.2) is 109 Å². The number of hydrogen-bond acceptors (Lipinski definition) is 17. The molecule has 24 heteroatoms. The van der Waals surface area contributed by atoms with Gasteiger partial charge >= 0.3 is 15.6 Å². The summed E-state index contributed by atoms with van der Waals surface area (Å²) >= 11 is 0. The molecule has 7 heterocycles. The summed E-state index contributed by atoms with van der Waals surface area (Å²) in [5.41, 5.74) is 5.47. The molecule has 0 amide bonds. The molecule has 22 nitrogen and oxygen atoms in total. The van der Waals surface area contributed by atoms with Crippen molar-refractivity contribution in [2.24, 2.45) is 0 Å². The predicted molar refractivity (Wildman–Crippen MR) is 139 cm³/mol. The summed E-state index contributed by atoms with van der Waals surface area (Å²) in [6.45, 7) is -1.61. The highest BCUT2D eigenvalue weighted by Crippen LogP contribution is 2.53. The van der Waals surface area contributed by atoms with E-state index in [1.807, 2.05) is 0 Å². The van der Waals surface area contributed by atoms with Gasteiger partial charge in [0.25, 0.3) is 5.56 Å². The lowest BCUT2D eigenvalue weighted by Gasteiger charge is -2.25. The number of phosphoric ester groups is 2. The van der Waals surface area contributed by atoms with E-state index in [0.29, 0.717) is 0 Å². The molecule has 4 aromatic heterocycles. The molecule has 44 heavy (non-hydrogen) atoms. The highest BCUT2D eigenvalue weighted by Gasteiger charge is 2.54. The van der Waals surface area contributed by atoms with Crippen LogP contribution in [0.5, 0.6) is 0 Å². The van der Waals surface area contributed by atoms with E-state index in [9.17, 15) is 33.9 Å². The number of phosphoric acid groups is 2. The van der Waals surface area contributed by atoms with Crippen LogP contribution in [0.15, 0.2) is 30.1 Å². The van der Waals surface area contributed by atoms with E-state index in [-0.39, 0.29) is 28.1 Å². The molecule has 4 aromatic rings. The summed E-state index contributed by atoms with van der Waals surface area (Å²) in [6.07, 6.45) is -7.84. The first-order valence-electron chi connectivity index (χ1n) is 12.7. The summed E-state index contributed by atoms with van der Waals surface area (Å²) in [7, 11) is -10.1. The van der Waals surface area contributed by atoms with E-state index in [4.69, 9.17) is 33.3 Å². The van der Waals surface area contributed by atoms with Crippen LogP contribution in [-0.2, 0) is 36.7 Å². The molecule has 3 aliphatic rings. The minimum atomic E-state index is -5.07. The first-order valence-corrected chi connectivity index (χ1v) is 15.7. The van der Waals surface area contributed by atoms with E-state index in [1.165, 1.54) is 15.5 Å². The molecule has 0 spiro atoms. The zero-order chi connectivity index (χ0) is 31.0. The third kappa shape index (κ3) is 5.04. The van der Waals surface area contributed by atoms with E-state index < -0.39 is 83.5 Å². The molecular formula is C20H23N9O13P2. The van der Waals surface area contributed by atoms with Gasteiger partial charge in [-0.05, 0) is 0 Å². The van der Waals surface area contributed by atoms with Crippen LogP contribution < -0.4 is 11.3 Å². The Morgan fingerprint density at radius 2 is 1.43 bits per heavy atom. The Morgan fingerprint density at radius 3 is 2.18 bits per heavy atom. The van der Waals surface area contributed by atoms with Crippen LogP contribution in [0.25, 0.3) is 22.3 Å². The van der Waals surface area contributed by atoms with Crippen LogP contribution in [0, 0.1) is 0 Å². The number of rotatable bonds is 2. The van der Waals surface area contributed by atoms with E-state index >= 15 is 0 Å². The van der Waals surface area contributed by atoms with Gasteiger partial charge in [-0.15, -0.1) is 0 Å². The largest absolute Gasteiger partial charge is 0.472 e. The third-order valence-corrected chi connectivity index (χ3v) is 9.21. The minimum Gasteiger partial charge on any atom is -0.387 e. The van der Waals surface area contributed by atoms with E-state index in [1.54, 1.807) is 0 Å². The molecule has 10 atom stereocenters. The van der Waals surface area contributed by atoms with Gasteiger partial charge in [0.15, 0.2) is 35.1 Å². The molecule has 0 radical (unpaired) electrons. The number of nitrogens with one attached hydrogen (secondary N) is 1. The van der Waals surface area contributed by atoms with Gasteiger partial charge in [-0.1, -0.05) is 0 Å². The van der Waals surface area contributed by atoms with Crippen LogP contribution in [0.4, 0.5) is 5.82 Å². The van der Waals surface area contributed by atoms with Gasteiger partial charge in [0, 0.05) is 0 Å². The number of ether oxygens (including phenoxy) is 2. The Hall–Kier alpha value is -3.24. The van der Waals surface area contributed by atoms with Gasteiger partial charge in [-0.3, -0.25) is 32.0 Å². The summed E-state index contributed by atoms with van der Waals surface area (Å²) in [4.78, 5) is 55.7. The molecule has 0 aliphatic carbocycles. The maximum Gasteiger partial charge on any atom is 0.472 e. The molecule has 2 bridgehead atoms. The average Bonchev–Trinajstić information content (AvgIpc) is 3.73. The number of aromatic nitrogens is 8. The number of nitrogens with zero attached hydrogens (tertiary/aromatic N) is 7. The van der Waals surface area contributed by atoms with Gasteiger partial charge in [-0.25, -0.2) is 34.0 Å². The third-order valence-electron chi connectivity index (χ3n) is 7.24. The second-order valence-electron chi connectivity index (χ2n) is 9.92. The SMILES string of the molecule is Nc1ncnc2c1ncn2C1O[C@@H]2COP(=O)(O)O[C@@H]3[C@@H](COP(=O)(O)O[C@@H]1[C@@H]2O)OC(n1cnc2c(=O)[nH]cnc21)[C@@H]3O. The monoisotopic (exact) mass is 659 g/mol. The quantitative estimate of drug-likeness (QED) is 0.128. The molecular weight excluding hydrogens is 636 g/mol. The predicted octanol–water partition coefficient (Wildman–Crippen LogP) is -1.92. The maximum atomic E-state index is 13.2. The number of aromatic amines is 1. The first-order chi connectivity index (χ1) is 20.9. The lowest BCUT2D eigenvalue weighted by molar-refractivity contribution is -0.0672. The molecule has 7 N–H and O–H groups in total. The number of hydrogen-bond donors (Lipinski definition) is 6. The highest BCUT2D eigenvalue weighted by molar-refractivity contribution is 7.47. The van der Waals surface area contributed by atoms with Crippen molar-refractivity contribution in [2.75, 3.05) is 18.9 Å². The van der Waals surface area contributed by atoms with Crippen molar-refractivity contribution < 1.29 is 56.7 Å². The fourth-order valence-electron chi connectivity index (χ4n) is 5.22. The van der Waals surface area contributed by atoms with Crippen molar-refractivity contribution in [3.8, 4) is 0 Å². The Bertz CT molecular complexity index is 1880. The number of imidazole rings is 2. The summed E-state index contributed by atoms with van der Waals surface area (Å²) in [5, 5.41) is 22.1. The highest BCUT2D eigenvalue weighted by atomic mass is 31.2. The fourth-order valence-corrected chi connectivity index (χ4v) is 7.11. The number of nitrogen functional groups attached to an aromatic ring is 1. The smallest absolute Gasteiger partial charge is 0.387 e. The molecule has 3 aliphatic heterocycles. The van der Waals surface area contributed by atoms with Gasteiger partial charge in [0.2, 0.25) is 0 Å². The number of fused-ring (bicyclic) bond motifs is 5. The van der Waals surface area contributed by atoms with Crippen molar-refractivity contribution in [2.45, 2.75) is 49.1 Å². The van der Waals surface area contributed by atoms with Crippen LogP contribution in [0.1, 0.15) is 12.5 Å². The fraction of sp³-hybridized carbons (Fsp3) is 0.500. The Morgan fingerprint density at radius 1 is 0.818 bits per heavy atom. The van der Waals surface area contributed by atoms with Crippen molar-refractivity contribution in [3.63, 3.8) is 0 Å². The van der Waals surface area contributed by atoms with Gasteiger partial charge in [0.1, 0.15) is 48.5 Å². The lowest BCUT2D eigenvalue weighted by Crippen LogP contribution is -2.36. The van der Waals surface area contributed by atoms with Gasteiger partial charge < -0.3 is 40.2 Å². The van der Waals surface area contributed by atoms with Crippen LogP contribution in [0.3, 0.4) is 0 Å². The second-order valence-corrected chi connectivity index (χ2v) is 12.7. The normalized spacial score (nSPS) is 38.3. The summed E-state index contributed by atoms with van der Waals surface area (Å²) in [5.74, 6) is 0.0270. The Balaban J connectivity index is 1.20. The zero-order valence-corrected chi connectivity index (χ0v) is 23.7. The second kappa shape index (κ2) is 10.7. The van der Waals surface area contributed by atoms with Crippen LogP contribution in [0.2, 0.25) is 0 Å². The van der Waals surface area contributed by atoms with Crippen molar-refractivity contribution >= 4 is 43.8 Å².